The van der Waals surface area contributed by atoms with Crippen LogP contribution in [-0.2, 0) is 37.1 Å². The van der Waals surface area contributed by atoms with Gasteiger partial charge in [0.2, 0.25) is 18.0 Å². The van der Waals surface area contributed by atoms with Gasteiger partial charge in [0.05, 0.1) is 37.6 Å². The molecule has 0 saturated carbocycles. The van der Waals surface area contributed by atoms with Crippen LogP contribution >= 0.6 is 0 Å². The van der Waals surface area contributed by atoms with Gasteiger partial charge in [0.15, 0.2) is 6.20 Å². The maximum absolute atomic E-state index is 13.8. The summed E-state index contributed by atoms with van der Waals surface area (Å²) >= 11 is 0. The Morgan fingerprint density at radius 1 is 0.698 bits per heavy atom. The third-order valence-electron chi connectivity index (χ3n) is 11.2. The van der Waals surface area contributed by atoms with Gasteiger partial charge in [-0.05, 0) is 42.8 Å². The van der Waals surface area contributed by atoms with Crippen LogP contribution in [0.25, 0.3) is 21.7 Å². The molecule has 1 aliphatic rings. The number of carboxylic acids is 3. The Hall–Kier alpha value is -3.95. The largest absolute Gasteiger partial charge is 0.488 e. The van der Waals surface area contributed by atoms with Crippen LogP contribution in [0.5, 0.6) is 0 Å². The zero-order valence-electron chi connectivity index (χ0n) is 36.0. The van der Waals surface area contributed by atoms with Crippen LogP contribution in [0.4, 0.5) is 0 Å². The van der Waals surface area contributed by atoms with Gasteiger partial charge in [-0.1, -0.05) is 48.5 Å². The zero-order valence-corrected chi connectivity index (χ0v) is 38.4. The molecule has 18 nitrogen and oxygen atoms in total. The van der Waals surface area contributed by atoms with Crippen molar-refractivity contribution in [2.24, 2.45) is 0 Å². The summed E-state index contributed by atoms with van der Waals surface area (Å²) in [5.41, 5.74) is 2.74. The molecule has 1 atom stereocenters. The third-order valence-corrected chi connectivity index (χ3v) is 11.2. The van der Waals surface area contributed by atoms with Crippen LogP contribution in [0.3, 0.4) is 0 Å². The molecule has 1 aliphatic heterocycles. The van der Waals surface area contributed by atoms with E-state index in [2.05, 4.69) is 5.32 Å². The Kier molecular flexibility index (Phi) is 20.5. The number of carboxylic acid groups (broad SMARTS) is 3. The van der Waals surface area contributed by atoms with Gasteiger partial charge in [-0.25, -0.2) is 0 Å². The zero-order chi connectivity index (χ0) is 44.9. The number of hydrogen-bond donors (Lipinski definition) is 6. The normalized spacial score (nSPS) is 15.5. The molecular weight excluding hydrogens is 951 g/mol. The van der Waals surface area contributed by atoms with E-state index in [1.165, 1.54) is 0 Å². The summed E-state index contributed by atoms with van der Waals surface area (Å²) in [4.78, 5) is 72.8. The van der Waals surface area contributed by atoms with E-state index in [4.69, 9.17) is 0 Å². The maximum Gasteiger partial charge on any atom is 0.488 e. The second-order valence-corrected chi connectivity index (χ2v) is 16.0. The first-order chi connectivity index (χ1) is 29.6. The van der Waals surface area contributed by atoms with Crippen molar-refractivity contribution in [2.75, 3.05) is 106 Å². The van der Waals surface area contributed by atoms with Crippen molar-refractivity contribution < 1.29 is 103 Å². The van der Waals surface area contributed by atoms with Gasteiger partial charge >= 0.3 is 25.0 Å². The molecule has 20 heteroatoms. The molecule has 0 bridgehead atoms. The number of amides is 2. The Morgan fingerprint density at radius 2 is 1.21 bits per heavy atom. The second-order valence-electron chi connectivity index (χ2n) is 16.0. The van der Waals surface area contributed by atoms with Crippen LogP contribution in [0, 0.1) is 49.4 Å². The predicted molar refractivity (Wildman–Crippen MR) is 232 cm³/mol. The van der Waals surface area contributed by atoms with E-state index in [-0.39, 0.29) is 139 Å². The van der Waals surface area contributed by atoms with Crippen LogP contribution in [-0.4, -0.2) is 198 Å². The number of benzene rings is 3. The van der Waals surface area contributed by atoms with Crippen LogP contribution in [0.2, 0.25) is 0 Å². The van der Waals surface area contributed by atoms with Crippen molar-refractivity contribution in [1.29, 1.82) is 0 Å². The number of fused-ring (bicyclic) bond motifs is 3. The molecule has 3 aromatic carbocycles. The summed E-state index contributed by atoms with van der Waals surface area (Å²) in [7, 11) is 3.78. The average Bonchev–Trinajstić information content (AvgIpc) is 3.21. The van der Waals surface area contributed by atoms with Gasteiger partial charge in [-0.2, -0.15) is 4.57 Å². The van der Waals surface area contributed by atoms with E-state index in [1.807, 2.05) is 89.3 Å². The molecule has 2 amide bonds. The van der Waals surface area contributed by atoms with E-state index in [1.54, 1.807) is 38.8 Å². The third kappa shape index (κ3) is 15.6. The molecule has 2 heterocycles. The molecule has 0 aliphatic carbocycles. The summed E-state index contributed by atoms with van der Waals surface area (Å²) in [6.07, 6.45) is 1.94. The first-order valence-electron chi connectivity index (χ1n) is 20.6. The van der Waals surface area contributed by atoms with Crippen LogP contribution in [0.15, 0.2) is 72.9 Å². The van der Waals surface area contributed by atoms with E-state index in [0.29, 0.717) is 37.2 Å². The monoisotopic (exact) mass is 1010 g/mol. The SMILES string of the molecule is CN(Cc1ccc2c(c1)c1ccccc1c[n+]2CC(=O)NCC(c1ccccc1B(O)O)N(C)C)C(=O)CN1CCN(CC(=O)O)CCN(CC(=O)O)CCN(CC(=O)O)CC1.[Eu]. The molecule has 6 N–H and O–H groups in total. The number of hydrogen-bond acceptors (Lipinski definition) is 12. The molecule has 1 fully saturated rings. The maximum atomic E-state index is 13.8. The van der Waals surface area contributed by atoms with Gasteiger partial charge in [0.25, 0.3) is 5.91 Å². The molecule has 63 heavy (non-hydrogen) atoms. The van der Waals surface area contributed by atoms with Gasteiger partial charge in [0.1, 0.15) is 0 Å². The van der Waals surface area contributed by atoms with Gasteiger partial charge < -0.3 is 40.5 Å². The fraction of sp³-hybridized carbons (Fsp3) is 0.442. The molecule has 4 aromatic rings. The average molecular weight is 1010 g/mol. The van der Waals surface area contributed by atoms with Crippen molar-refractivity contribution in [3.05, 3.63) is 84.1 Å². The smallest absolute Gasteiger partial charge is 0.480 e. The topological polar surface area (TPSA) is 222 Å². The van der Waals surface area contributed by atoms with Crippen molar-refractivity contribution in [2.45, 2.75) is 19.1 Å². The Bertz CT molecular complexity index is 2190. The number of nitrogens with one attached hydrogen (secondary N) is 1. The summed E-state index contributed by atoms with van der Waals surface area (Å²) in [6.45, 7) is 2.17. The van der Waals surface area contributed by atoms with Crippen LogP contribution in [0.1, 0.15) is 17.2 Å². The molecule has 1 aromatic heterocycles. The molecule has 339 valence electrons. The molecule has 1 radical (unpaired) electrons. The predicted octanol–water partition coefficient (Wildman–Crippen LogP) is -1.19. The summed E-state index contributed by atoms with van der Waals surface area (Å²) in [5.74, 6) is -3.49. The minimum Gasteiger partial charge on any atom is -0.480 e. The first-order valence-corrected chi connectivity index (χ1v) is 20.6. The van der Waals surface area contributed by atoms with Crippen molar-refractivity contribution in [3.8, 4) is 0 Å². The number of likely N-dealkylation sites (N-methyl/N-ethyl adjacent to an activating group) is 2. The summed E-state index contributed by atoms with van der Waals surface area (Å²) < 4.78 is 1.89. The standard InChI is InChI=1S/C43H57BN8O10.Eu/c1-46(2)38(34-10-6-7-11-36(34)44(61)62)23-45-39(53)26-52-25-32-8-4-5-9-33(32)35-22-31(12-13-37(35)52)24-47(3)40(54)27-48-14-16-49(28-41(55)56)18-20-51(30-43(59)60)21-19-50(17-15-48)29-42(57)58;/h4-13,22,25,38,61-62H,14-21,23-24,26-30H2,1-3H3,(H3-,45,53,55,56,57,58,59,60);/p+1. The molecule has 1 unspecified atom stereocenters. The number of carbonyl (C=O) groups excluding carboxylic acids is 2. The summed E-state index contributed by atoms with van der Waals surface area (Å²) in [6, 6.07) is 20.4. The number of nitrogens with zero attached hydrogens (tertiary/aromatic N) is 7. The Balaban J connectivity index is 0.00000871. The Morgan fingerprint density at radius 3 is 1.73 bits per heavy atom. The van der Waals surface area contributed by atoms with E-state index in [0.717, 1.165) is 27.2 Å². The van der Waals surface area contributed by atoms with Gasteiger partial charge in [-0.15, -0.1) is 0 Å². The quantitative estimate of drug-likeness (QED) is 0.0417. The fourth-order valence-corrected chi connectivity index (χ4v) is 7.87. The molecule has 5 rings (SSSR count). The molecular formula is C43H58BEuN8O10+. The number of carbonyl (C=O) groups is 5. The summed E-state index contributed by atoms with van der Waals surface area (Å²) in [5, 5.41) is 54.3. The first kappa shape index (κ1) is 51.7. The van der Waals surface area contributed by atoms with Gasteiger partial charge in [0, 0.05) is 139 Å². The minimum absolute atomic E-state index is 0. The molecule has 0 spiro atoms. The number of aromatic nitrogens is 1. The van der Waals surface area contributed by atoms with E-state index < -0.39 is 25.0 Å². The molecule has 1 saturated heterocycles. The van der Waals surface area contributed by atoms with Crippen molar-refractivity contribution in [3.63, 3.8) is 0 Å². The van der Waals surface area contributed by atoms with Crippen molar-refractivity contribution >= 4 is 64.0 Å². The fourth-order valence-electron chi connectivity index (χ4n) is 7.87. The van der Waals surface area contributed by atoms with Crippen molar-refractivity contribution in [1.82, 2.24) is 34.7 Å². The van der Waals surface area contributed by atoms with E-state index in [9.17, 15) is 49.3 Å². The minimum atomic E-state index is -1.65. The van der Waals surface area contributed by atoms with Gasteiger partial charge in [-0.3, -0.25) is 43.6 Å². The Labute approximate surface area is 408 Å². The second kappa shape index (κ2) is 24.9. The number of aliphatic carboxylic acids is 3. The number of pyridine rings is 1. The van der Waals surface area contributed by atoms with E-state index >= 15 is 0 Å². The van der Waals surface area contributed by atoms with Crippen LogP contribution < -0.4 is 15.3 Å². The number of rotatable bonds is 17.